The fourth-order valence-corrected chi connectivity index (χ4v) is 0.255. The van der Waals surface area contributed by atoms with E-state index in [0.29, 0.717) is 0 Å². The largest absolute Gasteiger partial charge is 0.478 e. The summed E-state index contributed by atoms with van der Waals surface area (Å²) in [6.07, 6.45) is 2.90. The zero-order chi connectivity index (χ0) is 7.28. The van der Waals surface area contributed by atoms with E-state index in [9.17, 15) is 4.79 Å². The Morgan fingerprint density at radius 2 is 2.33 bits per heavy atom. The predicted octanol–water partition coefficient (Wildman–Crippen LogP) is 0.360. The van der Waals surface area contributed by atoms with Crippen molar-refractivity contribution < 1.29 is 9.90 Å². The molecular weight excluding hydrogens is 118 g/mol. The van der Waals surface area contributed by atoms with E-state index in [1.54, 1.807) is 7.05 Å². The maximum Gasteiger partial charge on any atom is 0.335 e. The van der Waals surface area contributed by atoms with E-state index in [1.807, 2.05) is 0 Å². The number of hydrogen-bond acceptors (Lipinski definition) is 2. The molecule has 2 N–H and O–H groups in total. The lowest BCUT2D eigenvalue weighted by Gasteiger charge is -1.88. The number of nitrogens with one attached hydrogen (secondary N) is 1. The van der Waals surface area contributed by atoms with Crippen LogP contribution in [0.25, 0.3) is 0 Å². The topological polar surface area (TPSA) is 49.3 Å². The number of rotatable bonds is 3. The minimum absolute atomic E-state index is 0.0735. The third kappa shape index (κ3) is 3.34. The van der Waals surface area contributed by atoms with Crippen molar-refractivity contribution in [3.63, 3.8) is 0 Å². The van der Waals surface area contributed by atoms with E-state index >= 15 is 0 Å². The number of hydrogen-bond donors (Lipinski definition) is 2. The van der Waals surface area contributed by atoms with E-state index in [0.717, 1.165) is 0 Å². The van der Waals surface area contributed by atoms with Gasteiger partial charge in [-0.15, -0.1) is 0 Å². The van der Waals surface area contributed by atoms with Gasteiger partial charge in [0.1, 0.15) is 0 Å². The van der Waals surface area contributed by atoms with Gasteiger partial charge in [-0.05, 0) is 12.3 Å². The van der Waals surface area contributed by atoms with Crippen molar-refractivity contribution in [2.24, 2.45) is 0 Å². The minimum Gasteiger partial charge on any atom is -0.478 e. The van der Waals surface area contributed by atoms with Gasteiger partial charge in [0.15, 0.2) is 0 Å². The van der Waals surface area contributed by atoms with E-state index in [1.165, 1.54) is 12.3 Å². The molecule has 9 heavy (non-hydrogen) atoms. The van der Waals surface area contributed by atoms with Crippen LogP contribution in [0.15, 0.2) is 24.4 Å². The van der Waals surface area contributed by atoms with Gasteiger partial charge in [0.25, 0.3) is 0 Å². The summed E-state index contributed by atoms with van der Waals surface area (Å²) in [6.45, 7) is 3.27. The lowest BCUT2D eigenvalue weighted by atomic mass is 10.3. The first-order valence-electron chi connectivity index (χ1n) is 2.44. The quantitative estimate of drug-likeness (QED) is 0.425. The summed E-state index contributed by atoms with van der Waals surface area (Å²) in [4.78, 5) is 10.0. The Labute approximate surface area is 53.7 Å². The van der Waals surface area contributed by atoms with Crippen molar-refractivity contribution in [3.05, 3.63) is 24.4 Å². The van der Waals surface area contributed by atoms with Gasteiger partial charge in [-0.25, -0.2) is 4.79 Å². The standard InChI is InChI=1S/C6H9NO2/c1-5(6(8)9)3-4-7-2/h3-4,7H,1H2,2H3,(H,8,9)/b4-3+. The zero-order valence-electron chi connectivity index (χ0n) is 5.22. The van der Waals surface area contributed by atoms with Crippen LogP contribution in [-0.2, 0) is 4.79 Å². The molecule has 0 aliphatic heterocycles. The molecule has 0 bridgehead atoms. The average Bonchev–Trinajstić information content (AvgIpc) is 1.82. The molecule has 0 aromatic heterocycles. The molecular formula is C6H9NO2. The molecule has 0 atom stereocenters. The van der Waals surface area contributed by atoms with Crippen LogP contribution < -0.4 is 5.32 Å². The Kier molecular flexibility index (Phi) is 3.20. The van der Waals surface area contributed by atoms with Crippen molar-refractivity contribution in [2.45, 2.75) is 0 Å². The monoisotopic (exact) mass is 127 g/mol. The Hall–Kier alpha value is -1.25. The highest BCUT2D eigenvalue weighted by molar-refractivity contribution is 5.88. The zero-order valence-corrected chi connectivity index (χ0v) is 5.22. The summed E-state index contributed by atoms with van der Waals surface area (Å²) < 4.78 is 0. The van der Waals surface area contributed by atoms with Crippen molar-refractivity contribution in [3.8, 4) is 0 Å². The van der Waals surface area contributed by atoms with Gasteiger partial charge in [0.2, 0.25) is 0 Å². The summed E-state index contributed by atoms with van der Waals surface area (Å²) in [5, 5.41) is 10.9. The number of aliphatic carboxylic acids is 1. The highest BCUT2D eigenvalue weighted by Gasteiger charge is 1.95. The molecule has 50 valence electrons. The van der Waals surface area contributed by atoms with Gasteiger partial charge in [0, 0.05) is 7.05 Å². The molecule has 0 saturated heterocycles. The molecule has 0 aromatic carbocycles. The van der Waals surface area contributed by atoms with Gasteiger partial charge in [0.05, 0.1) is 5.57 Å². The number of carboxylic acid groups (broad SMARTS) is 1. The van der Waals surface area contributed by atoms with Gasteiger partial charge >= 0.3 is 5.97 Å². The van der Waals surface area contributed by atoms with Crippen molar-refractivity contribution in [1.82, 2.24) is 5.32 Å². The molecule has 3 heteroatoms. The molecule has 0 saturated carbocycles. The first-order valence-corrected chi connectivity index (χ1v) is 2.44. The molecule has 0 rings (SSSR count). The normalized spacial score (nSPS) is 9.44. The van der Waals surface area contributed by atoms with Crippen LogP contribution in [-0.4, -0.2) is 18.1 Å². The Morgan fingerprint density at radius 1 is 1.78 bits per heavy atom. The molecule has 0 amide bonds. The molecule has 0 spiro atoms. The Morgan fingerprint density at radius 3 is 2.67 bits per heavy atom. The van der Waals surface area contributed by atoms with Crippen molar-refractivity contribution in [1.29, 1.82) is 0 Å². The maximum absolute atomic E-state index is 10.0. The van der Waals surface area contributed by atoms with Crippen LogP contribution in [0.5, 0.6) is 0 Å². The molecule has 3 nitrogen and oxygen atoms in total. The second-order valence-electron chi connectivity index (χ2n) is 1.45. The highest BCUT2D eigenvalue weighted by atomic mass is 16.4. The summed E-state index contributed by atoms with van der Waals surface area (Å²) in [7, 11) is 1.69. The SMILES string of the molecule is C=C(/C=C/NC)C(=O)O. The summed E-state index contributed by atoms with van der Waals surface area (Å²) in [5.74, 6) is -0.999. The first kappa shape index (κ1) is 7.75. The molecule has 0 aromatic rings. The molecule has 0 aliphatic carbocycles. The average molecular weight is 127 g/mol. The van der Waals surface area contributed by atoms with E-state index in [2.05, 4.69) is 11.9 Å². The predicted molar refractivity (Wildman–Crippen MR) is 35.0 cm³/mol. The molecule has 0 radical (unpaired) electrons. The smallest absolute Gasteiger partial charge is 0.335 e. The summed E-state index contributed by atoms with van der Waals surface area (Å²) in [6, 6.07) is 0. The van der Waals surface area contributed by atoms with Gasteiger partial charge in [-0.1, -0.05) is 6.58 Å². The lowest BCUT2D eigenvalue weighted by Crippen LogP contribution is -1.98. The fourth-order valence-electron chi connectivity index (χ4n) is 0.255. The minimum atomic E-state index is -0.999. The summed E-state index contributed by atoms with van der Waals surface area (Å²) in [5.41, 5.74) is 0.0735. The second-order valence-corrected chi connectivity index (χ2v) is 1.45. The molecule has 0 unspecified atom stereocenters. The van der Waals surface area contributed by atoms with E-state index in [-0.39, 0.29) is 5.57 Å². The van der Waals surface area contributed by atoms with E-state index < -0.39 is 5.97 Å². The van der Waals surface area contributed by atoms with Crippen LogP contribution in [0.4, 0.5) is 0 Å². The van der Waals surface area contributed by atoms with Crippen molar-refractivity contribution >= 4 is 5.97 Å². The third-order valence-corrected chi connectivity index (χ3v) is 0.726. The van der Waals surface area contributed by atoms with Crippen LogP contribution in [0, 0.1) is 0 Å². The van der Waals surface area contributed by atoms with Crippen LogP contribution >= 0.6 is 0 Å². The maximum atomic E-state index is 10.0. The van der Waals surface area contributed by atoms with Gasteiger partial charge < -0.3 is 10.4 Å². The second kappa shape index (κ2) is 3.72. The molecule has 0 fully saturated rings. The Balaban J connectivity index is 3.77. The van der Waals surface area contributed by atoms with Gasteiger partial charge in [-0.3, -0.25) is 0 Å². The van der Waals surface area contributed by atoms with E-state index in [4.69, 9.17) is 5.11 Å². The van der Waals surface area contributed by atoms with Crippen LogP contribution in [0.3, 0.4) is 0 Å². The fraction of sp³-hybridized carbons (Fsp3) is 0.167. The van der Waals surface area contributed by atoms with Crippen LogP contribution in [0.2, 0.25) is 0 Å². The third-order valence-electron chi connectivity index (χ3n) is 0.726. The lowest BCUT2D eigenvalue weighted by molar-refractivity contribution is -0.132. The Bertz CT molecular complexity index is 149. The van der Waals surface area contributed by atoms with Crippen LogP contribution in [0.1, 0.15) is 0 Å². The molecule has 0 aliphatic rings. The highest BCUT2D eigenvalue weighted by Crippen LogP contribution is 1.89. The number of carboxylic acids is 1. The summed E-state index contributed by atoms with van der Waals surface area (Å²) >= 11 is 0. The number of carbonyl (C=O) groups is 1. The van der Waals surface area contributed by atoms with Crippen molar-refractivity contribution in [2.75, 3.05) is 7.05 Å². The first-order chi connectivity index (χ1) is 4.18. The molecule has 0 heterocycles. The van der Waals surface area contributed by atoms with Gasteiger partial charge in [-0.2, -0.15) is 0 Å².